The van der Waals surface area contributed by atoms with Crippen molar-refractivity contribution in [2.24, 2.45) is 5.41 Å². The van der Waals surface area contributed by atoms with Gasteiger partial charge in [-0.25, -0.2) is 0 Å². The maximum atomic E-state index is 13.0. The third kappa shape index (κ3) is 4.65. The summed E-state index contributed by atoms with van der Waals surface area (Å²) in [6.07, 6.45) is 2.85. The van der Waals surface area contributed by atoms with Crippen molar-refractivity contribution < 1.29 is 19.4 Å². The van der Waals surface area contributed by atoms with E-state index in [2.05, 4.69) is 12.1 Å². The average Bonchev–Trinajstić information content (AvgIpc) is 2.74. The van der Waals surface area contributed by atoms with Gasteiger partial charge in [0.05, 0.1) is 27.2 Å². The molecular weight excluding hydrogens is 354 g/mol. The fourth-order valence-corrected chi connectivity index (χ4v) is 4.07. The topological polar surface area (TPSA) is 59.0 Å². The highest BCUT2D eigenvalue weighted by Crippen LogP contribution is 2.34. The summed E-state index contributed by atoms with van der Waals surface area (Å²) >= 11 is 0. The number of aliphatic hydroxyl groups is 1. The third-order valence-electron chi connectivity index (χ3n) is 5.60. The lowest BCUT2D eigenvalue weighted by Gasteiger charge is -2.42. The van der Waals surface area contributed by atoms with Gasteiger partial charge < -0.3 is 19.5 Å². The van der Waals surface area contributed by atoms with E-state index in [9.17, 15) is 9.90 Å². The molecule has 150 valence electrons. The lowest BCUT2D eigenvalue weighted by atomic mass is 9.75. The van der Waals surface area contributed by atoms with Gasteiger partial charge in [0, 0.05) is 24.1 Å². The monoisotopic (exact) mass is 383 g/mol. The van der Waals surface area contributed by atoms with Crippen LogP contribution in [0.5, 0.6) is 11.5 Å². The number of aliphatic hydroxyl groups excluding tert-OH is 1. The number of rotatable bonds is 7. The number of nitrogens with zero attached hydrogens (tertiary/aromatic N) is 1. The molecule has 2 aromatic rings. The maximum absolute atomic E-state index is 13.0. The number of benzene rings is 2. The van der Waals surface area contributed by atoms with Crippen LogP contribution in [0.15, 0.2) is 48.5 Å². The van der Waals surface area contributed by atoms with Gasteiger partial charge in [0.1, 0.15) is 11.5 Å². The van der Waals surface area contributed by atoms with Gasteiger partial charge in [-0.3, -0.25) is 4.79 Å². The zero-order valence-electron chi connectivity index (χ0n) is 16.7. The van der Waals surface area contributed by atoms with Crippen molar-refractivity contribution in [3.63, 3.8) is 0 Å². The highest BCUT2D eigenvalue weighted by atomic mass is 16.5. The van der Waals surface area contributed by atoms with Gasteiger partial charge in [-0.2, -0.15) is 0 Å². The van der Waals surface area contributed by atoms with E-state index in [-0.39, 0.29) is 24.3 Å². The molecule has 0 aromatic heterocycles. The highest BCUT2D eigenvalue weighted by molar-refractivity contribution is 5.80. The van der Waals surface area contributed by atoms with E-state index in [1.54, 1.807) is 14.2 Å². The normalized spacial score (nSPS) is 19.3. The fraction of sp³-hybridized carbons (Fsp3) is 0.435. The van der Waals surface area contributed by atoms with Crippen molar-refractivity contribution in [2.45, 2.75) is 25.7 Å². The van der Waals surface area contributed by atoms with Crippen LogP contribution in [0.25, 0.3) is 0 Å². The van der Waals surface area contributed by atoms with Crippen LogP contribution in [0.3, 0.4) is 0 Å². The zero-order valence-corrected chi connectivity index (χ0v) is 16.7. The Hall–Kier alpha value is -2.53. The summed E-state index contributed by atoms with van der Waals surface area (Å²) in [5, 5.41) is 10.2. The van der Waals surface area contributed by atoms with Crippen LogP contribution < -0.4 is 9.47 Å². The average molecular weight is 383 g/mol. The van der Waals surface area contributed by atoms with E-state index in [4.69, 9.17) is 9.47 Å². The molecule has 0 saturated carbocycles. The summed E-state index contributed by atoms with van der Waals surface area (Å²) in [5.41, 5.74) is 1.73. The summed E-state index contributed by atoms with van der Waals surface area (Å²) in [5.74, 6) is 1.44. The molecule has 1 atom stereocenters. The largest absolute Gasteiger partial charge is 0.497 e. The number of likely N-dealkylation sites (tertiary alicyclic amines) is 1. The minimum absolute atomic E-state index is 0.0529. The number of ether oxygens (including phenoxy) is 2. The summed E-state index contributed by atoms with van der Waals surface area (Å²) in [6.45, 7) is 1.37. The first-order chi connectivity index (χ1) is 13.6. The molecule has 1 heterocycles. The smallest absolute Gasteiger partial charge is 0.227 e. The van der Waals surface area contributed by atoms with E-state index in [1.807, 2.05) is 41.3 Å². The Bertz CT molecular complexity index is 792. The lowest BCUT2D eigenvalue weighted by molar-refractivity contribution is -0.134. The highest BCUT2D eigenvalue weighted by Gasteiger charge is 2.37. The van der Waals surface area contributed by atoms with Crippen molar-refractivity contribution in [1.82, 2.24) is 4.90 Å². The molecule has 0 spiro atoms. The van der Waals surface area contributed by atoms with E-state index >= 15 is 0 Å². The number of carbonyl (C=O) groups is 1. The van der Waals surface area contributed by atoms with Gasteiger partial charge in [-0.1, -0.05) is 30.3 Å². The molecule has 5 nitrogen and oxygen atoms in total. The van der Waals surface area contributed by atoms with Gasteiger partial charge in [-0.15, -0.1) is 0 Å². The molecule has 1 amide bonds. The molecule has 3 rings (SSSR count). The summed E-state index contributed by atoms with van der Waals surface area (Å²) in [7, 11) is 3.21. The third-order valence-corrected chi connectivity index (χ3v) is 5.60. The number of hydrogen-bond acceptors (Lipinski definition) is 4. The second-order valence-corrected chi connectivity index (χ2v) is 7.59. The van der Waals surface area contributed by atoms with Crippen molar-refractivity contribution in [3.05, 3.63) is 59.7 Å². The molecule has 0 aliphatic carbocycles. The summed E-state index contributed by atoms with van der Waals surface area (Å²) < 4.78 is 10.7. The number of carbonyl (C=O) groups excluding carboxylic acids is 1. The van der Waals surface area contributed by atoms with Crippen molar-refractivity contribution in [1.29, 1.82) is 0 Å². The van der Waals surface area contributed by atoms with E-state index in [0.717, 1.165) is 31.4 Å². The van der Waals surface area contributed by atoms with E-state index < -0.39 is 0 Å². The molecule has 1 aliphatic heterocycles. The summed E-state index contributed by atoms with van der Waals surface area (Å²) in [4.78, 5) is 14.9. The van der Waals surface area contributed by atoms with E-state index in [0.29, 0.717) is 18.0 Å². The molecule has 1 unspecified atom stereocenters. The number of piperidine rings is 1. The molecular formula is C23H29NO4. The Labute approximate surface area is 166 Å². The first-order valence-electron chi connectivity index (χ1n) is 9.72. The van der Waals surface area contributed by atoms with Crippen LogP contribution in [-0.2, 0) is 17.6 Å². The second kappa shape index (κ2) is 9.11. The zero-order chi connectivity index (χ0) is 20.0. The van der Waals surface area contributed by atoms with Crippen molar-refractivity contribution in [2.75, 3.05) is 33.9 Å². The minimum atomic E-state index is -0.284. The lowest BCUT2D eigenvalue weighted by Crippen LogP contribution is -2.49. The Morgan fingerprint density at radius 2 is 1.93 bits per heavy atom. The number of amides is 1. The molecule has 28 heavy (non-hydrogen) atoms. The second-order valence-electron chi connectivity index (χ2n) is 7.59. The Balaban J connectivity index is 1.73. The van der Waals surface area contributed by atoms with Crippen LogP contribution >= 0.6 is 0 Å². The molecule has 0 radical (unpaired) electrons. The molecule has 1 fully saturated rings. The van der Waals surface area contributed by atoms with Gasteiger partial charge >= 0.3 is 0 Å². The van der Waals surface area contributed by atoms with Crippen molar-refractivity contribution in [3.8, 4) is 11.5 Å². The Kier molecular flexibility index (Phi) is 6.57. The predicted molar refractivity (Wildman–Crippen MR) is 109 cm³/mol. The van der Waals surface area contributed by atoms with Crippen LogP contribution in [0, 0.1) is 5.41 Å². The quantitative estimate of drug-likeness (QED) is 0.798. The Morgan fingerprint density at radius 3 is 2.61 bits per heavy atom. The molecule has 1 N–H and O–H groups in total. The molecule has 0 bridgehead atoms. The maximum Gasteiger partial charge on any atom is 0.227 e. The minimum Gasteiger partial charge on any atom is -0.497 e. The summed E-state index contributed by atoms with van der Waals surface area (Å²) in [6, 6.07) is 15.7. The van der Waals surface area contributed by atoms with Crippen LogP contribution in [0.4, 0.5) is 0 Å². The van der Waals surface area contributed by atoms with E-state index in [1.165, 1.54) is 5.56 Å². The number of methoxy groups -OCH3 is 2. The van der Waals surface area contributed by atoms with Gasteiger partial charge in [0.25, 0.3) is 0 Å². The first-order valence-corrected chi connectivity index (χ1v) is 9.72. The molecule has 5 heteroatoms. The standard InChI is InChI=1S/C23H29NO4/c1-27-20-9-10-21(28-2)19(13-20)14-22(26)24-12-6-11-23(16-24,17-25)15-18-7-4-3-5-8-18/h3-5,7-10,13,25H,6,11-12,14-17H2,1-2H3. The molecule has 1 saturated heterocycles. The predicted octanol–water partition coefficient (Wildman–Crippen LogP) is 3.09. The first kappa shape index (κ1) is 20.2. The fourth-order valence-electron chi connectivity index (χ4n) is 4.07. The molecule has 1 aliphatic rings. The van der Waals surface area contributed by atoms with Gasteiger partial charge in [0.15, 0.2) is 0 Å². The Morgan fingerprint density at radius 1 is 1.14 bits per heavy atom. The number of hydrogen-bond donors (Lipinski definition) is 1. The molecule has 2 aromatic carbocycles. The SMILES string of the molecule is COc1ccc(OC)c(CC(=O)N2CCCC(CO)(Cc3ccccc3)C2)c1. The van der Waals surface area contributed by atoms with Crippen molar-refractivity contribution >= 4 is 5.91 Å². The van der Waals surface area contributed by atoms with Gasteiger partial charge in [0.2, 0.25) is 5.91 Å². The van der Waals surface area contributed by atoms with Crippen LogP contribution in [0.1, 0.15) is 24.0 Å². The van der Waals surface area contributed by atoms with Gasteiger partial charge in [-0.05, 0) is 43.0 Å². The van der Waals surface area contributed by atoms with Crippen LogP contribution in [-0.4, -0.2) is 49.8 Å². The van der Waals surface area contributed by atoms with Crippen LogP contribution in [0.2, 0.25) is 0 Å².